The van der Waals surface area contributed by atoms with Crippen molar-refractivity contribution >= 4 is 112 Å². The number of ether oxygens (including phenoxy) is 2. The summed E-state index contributed by atoms with van der Waals surface area (Å²) in [5.74, 6) is -3.62. The molecule has 0 unspecified atom stereocenters. The fourth-order valence-electron chi connectivity index (χ4n) is 8.32. The van der Waals surface area contributed by atoms with Gasteiger partial charge in [0.1, 0.15) is 23.8 Å². The summed E-state index contributed by atoms with van der Waals surface area (Å²) in [5.41, 5.74) is 18.6. The number of benzene rings is 7. The number of aldehydes is 2. The second-order valence-electron chi connectivity index (χ2n) is 20.6. The summed E-state index contributed by atoms with van der Waals surface area (Å²) in [6.45, 7) is 21.5. The molecular formula is C67H69Br3F3N3O16S. The van der Waals surface area contributed by atoms with Crippen molar-refractivity contribution in [3.8, 4) is 11.5 Å². The van der Waals surface area contributed by atoms with E-state index in [0.29, 0.717) is 65.9 Å². The highest BCUT2D eigenvalue weighted by Crippen LogP contribution is 2.32. The van der Waals surface area contributed by atoms with Gasteiger partial charge in [-0.2, -0.15) is 21.6 Å². The molecule has 7 aromatic carbocycles. The number of carboxylic acids is 2. The first-order valence-electron chi connectivity index (χ1n) is 27.2. The normalized spacial score (nSPS) is 10.6. The number of hydrogen-bond acceptors (Lipinski definition) is 14. The maximum atomic E-state index is 12.1. The van der Waals surface area contributed by atoms with Crippen LogP contribution in [0.2, 0.25) is 0 Å². The van der Waals surface area contributed by atoms with Crippen LogP contribution < -0.4 is 21.0 Å². The Hall–Kier alpha value is -8.98. The third kappa shape index (κ3) is 24.9. The number of halogens is 6. The average Bonchev–Trinajstić information content (AvgIpc) is 1.07. The Morgan fingerprint density at radius 2 is 0.849 bits per heavy atom. The van der Waals surface area contributed by atoms with E-state index in [1.165, 1.54) is 37.5 Å². The maximum Gasteiger partial charge on any atom is 0.534 e. The summed E-state index contributed by atoms with van der Waals surface area (Å²) in [5, 5.41) is 28.9. The molecule has 0 spiro atoms. The quantitative estimate of drug-likeness (QED) is 0.0205. The Kier molecular flexibility index (Phi) is 31.3. The molecule has 0 aliphatic heterocycles. The molecule has 0 saturated heterocycles. The number of aromatic carboxylic acids is 2. The second kappa shape index (κ2) is 36.3. The number of carbonyl (C=O) groups is 8. The number of esters is 1. The number of carboxylic acid groups (broad SMARTS) is 2. The smallest absolute Gasteiger partial charge is 0.508 e. The lowest BCUT2D eigenvalue weighted by molar-refractivity contribution is -0.136. The van der Waals surface area contributed by atoms with E-state index in [1.807, 2.05) is 58.0 Å². The number of nitrogens with two attached hydrogens (primary N) is 2. The van der Waals surface area contributed by atoms with E-state index < -0.39 is 51.4 Å². The Labute approximate surface area is 561 Å². The van der Waals surface area contributed by atoms with Crippen molar-refractivity contribution in [1.29, 1.82) is 0 Å². The molecule has 0 fully saturated rings. The Morgan fingerprint density at radius 3 is 1.17 bits per heavy atom. The molecule has 8 N–H and O–H groups in total. The number of hydrogen-bond donors (Lipinski definition) is 6. The summed E-state index contributed by atoms with van der Waals surface area (Å²) >= 11 is 9.98. The lowest BCUT2D eigenvalue weighted by Gasteiger charge is -2.12. The summed E-state index contributed by atoms with van der Waals surface area (Å²) < 4.78 is 74.4. The largest absolute Gasteiger partial charge is 0.534 e. The molecule has 19 nitrogen and oxygen atoms in total. The highest BCUT2D eigenvalue weighted by atomic mass is 79.9. The van der Waals surface area contributed by atoms with Crippen molar-refractivity contribution in [3.05, 3.63) is 234 Å². The summed E-state index contributed by atoms with van der Waals surface area (Å²) in [6, 6.07) is 27.8. The van der Waals surface area contributed by atoms with Gasteiger partial charge in [0, 0.05) is 35.7 Å². The first-order chi connectivity index (χ1) is 43.1. The lowest BCUT2D eigenvalue weighted by Crippen LogP contribution is -2.28. The van der Waals surface area contributed by atoms with Gasteiger partial charge in [0.2, 0.25) is 11.8 Å². The monoisotopic (exact) mass is 1500 g/mol. The van der Waals surface area contributed by atoms with Crippen molar-refractivity contribution < 1.29 is 88.9 Å². The van der Waals surface area contributed by atoms with E-state index in [2.05, 4.69) is 57.3 Å². The molecule has 7 aromatic rings. The van der Waals surface area contributed by atoms with E-state index >= 15 is 0 Å². The minimum Gasteiger partial charge on any atom is -0.508 e. The number of rotatable bonds is 13. The fraction of sp³-hybridized carbons (Fsp3) is 0.224. The zero-order valence-electron chi connectivity index (χ0n) is 52.7. The van der Waals surface area contributed by atoms with Crippen LogP contribution in [0.15, 0.2) is 122 Å². The third-order valence-electron chi connectivity index (χ3n) is 13.0. The highest BCUT2D eigenvalue weighted by Gasteiger charge is 2.48. The van der Waals surface area contributed by atoms with E-state index in [-0.39, 0.29) is 23.6 Å². The average molecular weight is 1500 g/mol. The molecule has 0 atom stereocenters. The van der Waals surface area contributed by atoms with Gasteiger partial charge in [-0.25, -0.2) is 19.2 Å². The lowest BCUT2D eigenvalue weighted by atomic mass is 9.98. The molecule has 7 rings (SSSR count). The van der Waals surface area contributed by atoms with Crippen molar-refractivity contribution in [1.82, 2.24) is 5.32 Å². The van der Waals surface area contributed by atoms with Crippen LogP contribution in [-0.2, 0) is 31.0 Å². The predicted molar refractivity (Wildman–Crippen MR) is 357 cm³/mol. The molecule has 0 heterocycles. The number of carbonyl (C=O) groups excluding carboxylic acids is 6. The molecule has 26 heteroatoms. The van der Waals surface area contributed by atoms with Crippen LogP contribution in [0, 0.1) is 83.1 Å². The van der Waals surface area contributed by atoms with Gasteiger partial charge in [-0.15, -0.1) is 0 Å². The number of phenols is 1. The van der Waals surface area contributed by atoms with E-state index in [4.69, 9.17) is 36.3 Å². The molecule has 0 radical (unpaired) electrons. The molecule has 0 bridgehead atoms. The molecule has 496 valence electrons. The van der Waals surface area contributed by atoms with Crippen LogP contribution in [0.3, 0.4) is 0 Å². The molecule has 0 aliphatic carbocycles. The zero-order valence-corrected chi connectivity index (χ0v) is 58.3. The van der Waals surface area contributed by atoms with Crippen molar-refractivity contribution in [2.45, 2.75) is 95.2 Å². The Bertz CT molecular complexity index is 3890. The first-order valence-corrected chi connectivity index (χ1v) is 31.0. The van der Waals surface area contributed by atoms with Gasteiger partial charge in [0.15, 0.2) is 12.6 Å². The minimum atomic E-state index is -5.61. The molecular weight excluding hydrogens is 1430 g/mol. The van der Waals surface area contributed by atoms with Crippen molar-refractivity contribution in [2.24, 2.45) is 11.5 Å². The number of alkyl carbamates (subject to hydrolysis) is 1. The number of aromatic hydroxyl groups is 1. The number of alkyl halides is 3. The second-order valence-corrected chi connectivity index (χ2v) is 24.5. The van der Waals surface area contributed by atoms with Gasteiger partial charge in [0.25, 0.3) is 0 Å². The van der Waals surface area contributed by atoms with Crippen LogP contribution in [0.1, 0.15) is 140 Å². The number of nitrogens with one attached hydrogen (secondary N) is 1. The summed E-state index contributed by atoms with van der Waals surface area (Å²) in [7, 11) is -4.40. The Balaban J connectivity index is 0.000000396. The first kappa shape index (κ1) is 80.1. The Morgan fingerprint density at radius 1 is 0.527 bits per heavy atom. The van der Waals surface area contributed by atoms with E-state index in [1.54, 1.807) is 104 Å². The summed E-state index contributed by atoms with van der Waals surface area (Å²) in [6.07, 6.45) is 2.22. The zero-order chi connectivity index (χ0) is 71.2. The molecule has 3 amide bonds. The third-order valence-corrected chi connectivity index (χ3v) is 17.7. The van der Waals surface area contributed by atoms with Crippen LogP contribution in [0.25, 0.3) is 6.08 Å². The summed E-state index contributed by atoms with van der Waals surface area (Å²) in [4.78, 5) is 88.8. The predicted octanol–water partition coefficient (Wildman–Crippen LogP) is 14.7. The van der Waals surface area contributed by atoms with E-state index in [9.17, 15) is 59.9 Å². The number of primary amides is 2. The molecule has 0 aliphatic rings. The number of aryl methyl sites for hydroxylation is 12. The number of methoxy groups -OCH3 is 1. The minimum absolute atomic E-state index is 0.0620. The van der Waals surface area contributed by atoms with Crippen molar-refractivity contribution in [3.63, 3.8) is 0 Å². The standard InChI is InChI=1S/C21H22N2O5.C10H11NO2.C10H10O3.C9H8BrF3O3S.C9H9BrO2.C8H9BrO/c1-13-9-16(19(22)24)10-14(2)17(13)11-18(20(25)27-3)23-21(26)28-12-15-7-5-4-6-8-15;1-6-3-8(10(11)13)4-7(2)9(6)5-12;1-6-3-8(10(12)13)4-7(2)9(6)5-11;1-5-3-7(4-6(2)8(5)10)16-17(14,15)9(11,12)13;1-5-3-7(9(11)12)4-6(2)8(5)10;1-5-3-7(10)4-6(2)8(5)9/h4-11H,12H2,1-3H3,(H2,22,24)(H,23,26);3-5H,1-2H3,(H2,11,13);3-5H,1-2H3,(H,12,13);3-4H,1-2H3;3-4H,1-2H3,(H,11,12);3-4,10H,1-2H3/b18-11-;;;;;. The van der Waals surface area contributed by atoms with Gasteiger partial charge in [-0.3, -0.25) is 24.5 Å². The topological polar surface area (TPSA) is 323 Å². The van der Waals surface area contributed by atoms with Crippen LogP contribution in [0.4, 0.5) is 18.0 Å². The van der Waals surface area contributed by atoms with Crippen LogP contribution in [-0.4, -0.2) is 84.7 Å². The van der Waals surface area contributed by atoms with Crippen LogP contribution in [0.5, 0.6) is 11.5 Å². The SMILES string of the molecule is COC(=O)/C(=C/c1c(C)cc(C(N)=O)cc1C)NC(=O)OCc1ccccc1.Cc1cc(C(=O)O)cc(C)c1Br.Cc1cc(C(=O)O)cc(C)c1C=O.Cc1cc(C(N)=O)cc(C)c1C=O.Cc1cc(O)cc(C)c1Br.Cc1cc(OS(=O)(=O)C(F)(F)F)cc(C)c1Br. The van der Waals surface area contributed by atoms with Crippen LogP contribution >= 0.6 is 47.8 Å². The highest BCUT2D eigenvalue weighted by molar-refractivity contribution is 9.11. The fourth-order valence-corrected chi connectivity index (χ4v) is 9.45. The van der Waals surface area contributed by atoms with Gasteiger partial charge in [-0.05, 0) is 240 Å². The van der Waals surface area contributed by atoms with Gasteiger partial charge in [0.05, 0.1) is 18.2 Å². The number of phenolic OH excluding ortho intramolecular Hbond substituents is 1. The maximum absolute atomic E-state index is 12.1. The molecule has 0 saturated carbocycles. The molecule has 93 heavy (non-hydrogen) atoms. The number of amides is 3. The van der Waals surface area contributed by atoms with Gasteiger partial charge >= 0.3 is 39.6 Å². The van der Waals surface area contributed by atoms with Crippen molar-refractivity contribution in [2.75, 3.05) is 7.11 Å². The van der Waals surface area contributed by atoms with E-state index in [0.717, 1.165) is 71.6 Å². The van der Waals surface area contributed by atoms with Gasteiger partial charge in [-0.1, -0.05) is 78.1 Å². The molecule has 0 aromatic heterocycles. The van der Waals surface area contributed by atoms with Gasteiger partial charge < -0.3 is 40.4 Å².